The molecule has 2 aliphatic heterocycles. The first kappa shape index (κ1) is 20.0. The number of aromatic nitrogens is 3. The van der Waals surface area contributed by atoms with Gasteiger partial charge in [-0.1, -0.05) is 37.3 Å². The third-order valence-electron chi connectivity index (χ3n) is 6.90. The summed E-state index contributed by atoms with van der Waals surface area (Å²) in [5, 5.41) is 10.9. The van der Waals surface area contributed by atoms with E-state index in [2.05, 4.69) is 75.9 Å². The van der Waals surface area contributed by atoms with Crippen molar-refractivity contribution in [3.8, 4) is 0 Å². The molecular weight excluding hydrogens is 388 g/mol. The predicted octanol–water partition coefficient (Wildman–Crippen LogP) is 2.69. The Bertz CT molecular complexity index is 1120. The number of fused-ring (bicyclic) bond motifs is 1. The topological polar surface area (TPSA) is 74.6 Å². The molecule has 162 valence electrons. The van der Waals surface area contributed by atoms with E-state index in [1.54, 1.807) is 4.52 Å². The van der Waals surface area contributed by atoms with Gasteiger partial charge in [0.05, 0.1) is 17.4 Å². The van der Waals surface area contributed by atoms with E-state index in [0.717, 1.165) is 55.9 Å². The minimum Gasteiger partial charge on any atom is -0.369 e. The Labute approximate surface area is 182 Å². The zero-order valence-corrected chi connectivity index (χ0v) is 18.5. The minimum absolute atomic E-state index is 0.127. The highest BCUT2D eigenvalue weighted by Gasteiger charge is 2.36. The third kappa shape index (κ3) is 3.67. The lowest BCUT2D eigenvalue weighted by molar-refractivity contribution is 0.0902. The fourth-order valence-electron chi connectivity index (χ4n) is 4.91. The molecule has 31 heavy (non-hydrogen) atoms. The molecule has 1 aromatic carbocycles. The zero-order chi connectivity index (χ0) is 21.6. The van der Waals surface area contributed by atoms with E-state index in [0.29, 0.717) is 0 Å². The number of hydrogen-bond donors (Lipinski definition) is 2. The van der Waals surface area contributed by atoms with Gasteiger partial charge in [0.1, 0.15) is 0 Å². The Hall–Kier alpha value is -2.93. The molecule has 4 heterocycles. The molecule has 0 spiro atoms. The Morgan fingerprint density at radius 3 is 2.74 bits per heavy atom. The van der Waals surface area contributed by atoms with Gasteiger partial charge in [0, 0.05) is 25.0 Å². The molecule has 2 aromatic heterocycles. The van der Waals surface area contributed by atoms with Crippen molar-refractivity contribution < 1.29 is 4.79 Å². The second-order valence-electron chi connectivity index (χ2n) is 9.62. The number of nitrogens with zero attached hydrogens (tertiary/aromatic N) is 4. The SMILES string of the molecule is Cc1cc(N2CC[C@](C)(c3ccccc3)C2)cn2nc(C(=O)NC3(C)CCNC3)nc12. The monoisotopic (exact) mass is 418 g/mol. The lowest BCUT2D eigenvalue weighted by Crippen LogP contribution is -2.47. The fourth-order valence-corrected chi connectivity index (χ4v) is 4.91. The highest BCUT2D eigenvalue weighted by molar-refractivity contribution is 5.91. The lowest BCUT2D eigenvalue weighted by atomic mass is 9.82. The second-order valence-corrected chi connectivity index (χ2v) is 9.62. The van der Waals surface area contributed by atoms with Crippen LogP contribution >= 0.6 is 0 Å². The molecule has 2 fully saturated rings. The summed E-state index contributed by atoms with van der Waals surface area (Å²) in [5.74, 6) is 0.0117. The van der Waals surface area contributed by atoms with Gasteiger partial charge in [0.2, 0.25) is 5.82 Å². The van der Waals surface area contributed by atoms with E-state index in [4.69, 9.17) is 0 Å². The molecule has 2 N–H and O–H groups in total. The molecule has 3 aromatic rings. The number of nitrogens with one attached hydrogen (secondary N) is 2. The molecule has 0 aliphatic carbocycles. The largest absolute Gasteiger partial charge is 0.369 e. The summed E-state index contributed by atoms with van der Waals surface area (Å²) < 4.78 is 1.76. The van der Waals surface area contributed by atoms with Gasteiger partial charge in [-0.05, 0) is 50.4 Å². The highest BCUT2D eigenvalue weighted by Crippen LogP contribution is 2.36. The Balaban J connectivity index is 1.39. The molecule has 2 atom stereocenters. The molecule has 2 aliphatic rings. The van der Waals surface area contributed by atoms with E-state index in [-0.39, 0.29) is 22.7 Å². The van der Waals surface area contributed by atoms with Gasteiger partial charge in [0.15, 0.2) is 5.65 Å². The summed E-state index contributed by atoms with van der Waals surface area (Å²) in [6.07, 6.45) is 4.01. The number of hydrogen-bond acceptors (Lipinski definition) is 5. The summed E-state index contributed by atoms with van der Waals surface area (Å²) in [6.45, 7) is 10.0. The third-order valence-corrected chi connectivity index (χ3v) is 6.90. The predicted molar refractivity (Wildman–Crippen MR) is 122 cm³/mol. The van der Waals surface area contributed by atoms with Crippen LogP contribution in [-0.2, 0) is 5.41 Å². The maximum atomic E-state index is 12.8. The first-order chi connectivity index (χ1) is 14.9. The second kappa shape index (κ2) is 7.34. The maximum absolute atomic E-state index is 12.8. The molecule has 5 rings (SSSR count). The zero-order valence-electron chi connectivity index (χ0n) is 18.5. The summed E-state index contributed by atoms with van der Waals surface area (Å²) in [5.41, 5.74) is 4.13. The van der Waals surface area contributed by atoms with Crippen molar-refractivity contribution in [2.45, 2.75) is 44.6 Å². The van der Waals surface area contributed by atoms with Crippen LogP contribution in [-0.4, -0.2) is 52.2 Å². The van der Waals surface area contributed by atoms with Gasteiger partial charge in [0.25, 0.3) is 5.91 Å². The van der Waals surface area contributed by atoms with Crippen molar-refractivity contribution in [1.29, 1.82) is 0 Å². The van der Waals surface area contributed by atoms with Gasteiger partial charge in [-0.3, -0.25) is 4.79 Å². The van der Waals surface area contributed by atoms with Crippen molar-refractivity contribution >= 4 is 17.2 Å². The van der Waals surface area contributed by atoms with Crippen LogP contribution in [0.4, 0.5) is 5.69 Å². The van der Waals surface area contributed by atoms with Crippen LogP contribution in [0.5, 0.6) is 0 Å². The van der Waals surface area contributed by atoms with E-state index in [1.807, 2.05) is 13.1 Å². The van der Waals surface area contributed by atoms with Crippen LogP contribution in [0.1, 0.15) is 48.4 Å². The molecule has 7 heteroatoms. The molecule has 0 saturated carbocycles. The van der Waals surface area contributed by atoms with E-state index < -0.39 is 0 Å². The Kier molecular flexibility index (Phi) is 4.73. The van der Waals surface area contributed by atoms with Crippen LogP contribution < -0.4 is 15.5 Å². The fraction of sp³-hybridized carbons (Fsp3) is 0.458. The van der Waals surface area contributed by atoms with Crippen LogP contribution in [0.25, 0.3) is 5.65 Å². The number of benzene rings is 1. The average molecular weight is 419 g/mol. The molecule has 0 bridgehead atoms. The first-order valence-corrected chi connectivity index (χ1v) is 11.1. The van der Waals surface area contributed by atoms with Crippen LogP contribution in [0.15, 0.2) is 42.6 Å². The summed E-state index contributed by atoms with van der Waals surface area (Å²) >= 11 is 0. The van der Waals surface area contributed by atoms with Gasteiger partial charge < -0.3 is 15.5 Å². The Morgan fingerprint density at radius 2 is 2.00 bits per heavy atom. The van der Waals surface area contributed by atoms with Crippen molar-refractivity contribution in [3.05, 3.63) is 59.5 Å². The van der Waals surface area contributed by atoms with Crippen LogP contribution in [0, 0.1) is 6.92 Å². The molecule has 2 saturated heterocycles. The van der Waals surface area contributed by atoms with Crippen molar-refractivity contribution in [2.24, 2.45) is 0 Å². The standard InChI is InChI=1S/C24H30N6O/c1-17-13-19(29-12-10-23(2,16-29)18-7-5-4-6-8-18)14-30-21(17)26-20(28-30)22(31)27-24(3)9-11-25-15-24/h4-8,13-14,25H,9-12,15-16H2,1-3H3,(H,27,31)/t23-,24?/m0/s1. The van der Waals surface area contributed by atoms with E-state index in [1.165, 1.54) is 5.56 Å². The van der Waals surface area contributed by atoms with Crippen LogP contribution in [0.2, 0.25) is 0 Å². The summed E-state index contributed by atoms with van der Waals surface area (Å²) in [4.78, 5) is 19.7. The van der Waals surface area contributed by atoms with E-state index in [9.17, 15) is 4.79 Å². The van der Waals surface area contributed by atoms with Gasteiger partial charge in [-0.25, -0.2) is 9.50 Å². The first-order valence-electron chi connectivity index (χ1n) is 11.1. The molecular formula is C24H30N6O. The van der Waals surface area contributed by atoms with Crippen LogP contribution in [0.3, 0.4) is 0 Å². The van der Waals surface area contributed by atoms with Crippen molar-refractivity contribution in [3.63, 3.8) is 0 Å². The number of carbonyl (C=O) groups is 1. The van der Waals surface area contributed by atoms with Crippen molar-refractivity contribution in [2.75, 3.05) is 31.1 Å². The summed E-state index contributed by atoms with van der Waals surface area (Å²) in [7, 11) is 0. The van der Waals surface area contributed by atoms with Crippen molar-refractivity contribution in [1.82, 2.24) is 25.2 Å². The number of amides is 1. The maximum Gasteiger partial charge on any atom is 0.291 e. The Morgan fingerprint density at radius 1 is 1.19 bits per heavy atom. The molecule has 7 nitrogen and oxygen atoms in total. The average Bonchev–Trinajstić information content (AvgIpc) is 3.48. The summed E-state index contributed by atoms with van der Waals surface area (Å²) in [6, 6.07) is 12.9. The number of rotatable bonds is 4. The lowest BCUT2D eigenvalue weighted by Gasteiger charge is -2.26. The number of anilines is 1. The normalized spacial score (nSPS) is 26.0. The van der Waals surface area contributed by atoms with Gasteiger partial charge in [-0.2, -0.15) is 0 Å². The molecule has 1 unspecified atom stereocenters. The van der Waals surface area contributed by atoms with Gasteiger partial charge >= 0.3 is 0 Å². The van der Waals surface area contributed by atoms with Gasteiger partial charge in [-0.15, -0.1) is 5.10 Å². The quantitative estimate of drug-likeness (QED) is 0.682. The number of aryl methyl sites for hydroxylation is 1. The molecule has 1 amide bonds. The highest BCUT2D eigenvalue weighted by atomic mass is 16.2. The number of pyridine rings is 1. The minimum atomic E-state index is -0.244. The molecule has 0 radical (unpaired) electrons. The number of carbonyl (C=O) groups excluding carboxylic acids is 1. The smallest absolute Gasteiger partial charge is 0.291 e. The van der Waals surface area contributed by atoms with E-state index >= 15 is 0 Å².